The average molecular weight is 294 g/mol. The first-order valence-corrected chi connectivity index (χ1v) is 6.90. The minimum atomic E-state index is -0.428. The minimum absolute atomic E-state index is 0.0429. The van der Waals surface area contributed by atoms with E-state index in [9.17, 15) is 14.0 Å². The van der Waals surface area contributed by atoms with E-state index >= 15 is 0 Å². The van der Waals surface area contributed by atoms with Gasteiger partial charge in [0.2, 0.25) is 11.8 Å². The molecule has 0 N–H and O–H groups in total. The molecule has 3 rings (SSSR count). The van der Waals surface area contributed by atoms with Gasteiger partial charge in [0.05, 0.1) is 18.4 Å². The molecule has 0 radical (unpaired) electrons. The van der Waals surface area contributed by atoms with Crippen LogP contribution in [0.2, 0.25) is 5.02 Å². The molecule has 2 aliphatic rings. The predicted molar refractivity (Wildman–Crippen MR) is 72.3 cm³/mol. The molecular formula is C15H13ClFNO2. The summed E-state index contributed by atoms with van der Waals surface area (Å²) >= 11 is 5.99. The number of rotatable bonds is 2. The molecule has 1 heterocycles. The highest BCUT2D eigenvalue weighted by atomic mass is 35.5. The van der Waals surface area contributed by atoms with Gasteiger partial charge in [-0.05, 0) is 36.6 Å². The number of likely N-dealkylation sites (tertiary alicyclic amines) is 1. The molecule has 0 spiro atoms. The van der Waals surface area contributed by atoms with Crippen LogP contribution in [0, 0.1) is 17.7 Å². The van der Waals surface area contributed by atoms with Crippen molar-refractivity contribution in [2.75, 3.05) is 0 Å². The molecule has 1 aliphatic carbocycles. The van der Waals surface area contributed by atoms with Gasteiger partial charge in [-0.25, -0.2) is 4.39 Å². The van der Waals surface area contributed by atoms with Crippen molar-refractivity contribution >= 4 is 23.4 Å². The summed E-state index contributed by atoms with van der Waals surface area (Å²) < 4.78 is 13.3. The fourth-order valence-electron chi connectivity index (χ4n) is 2.86. The smallest absolute Gasteiger partial charge is 0.233 e. The Balaban J connectivity index is 1.86. The number of imide groups is 1. The summed E-state index contributed by atoms with van der Waals surface area (Å²) in [5.41, 5.74) is 0.458. The van der Waals surface area contributed by atoms with Gasteiger partial charge in [-0.15, -0.1) is 0 Å². The number of carbonyl (C=O) groups is 2. The maximum absolute atomic E-state index is 13.3. The molecule has 3 nitrogen and oxygen atoms in total. The van der Waals surface area contributed by atoms with Crippen molar-refractivity contribution in [1.82, 2.24) is 4.90 Å². The van der Waals surface area contributed by atoms with Crippen molar-refractivity contribution in [2.24, 2.45) is 11.8 Å². The van der Waals surface area contributed by atoms with Crippen LogP contribution in [0.25, 0.3) is 0 Å². The zero-order chi connectivity index (χ0) is 14.3. The van der Waals surface area contributed by atoms with Crippen molar-refractivity contribution in [3.63, 3.8) is 0 Å². The van der Waals surface area contributed by atoms with Crippen LogP contribution in [0.4, 0.5) is 4.39 Å². The monoisotopic (exact) mass is 293 g/mol. The number of hydrogen-bond acceptors (Lipinski definition) is 2. The Morgan fingerprint density at radius 3 is 2.35 bits per heavy atom. The van der Waals surface area contributed by atoms with Gasteiger partial charge in [-0.2, -0.15) is 0 Å². The number of nitrogens with zero attached hydrogens (tertiary/aromatic N) is 1. The molecule has 0 saturated carbocycles. The first-order valence-electron chi connectivity index (χ1n) is 6.52. The van der Waals surface area contributed by atoms with Gasteiger partial charge in [-0.1, -0.05) is 23.8 Å². The van der Waals surface area contributed by atoms with Gasteiger partial charge in [0.1, 0.15) is 5.82 Å². The number of allylic oxidation sites excluding steroid dienone is 2. The Morgan fingerprint density at radius 2 is 1.75 bits per heavy atom. The molecule has 2 unspecified atom stereocenters. The van der Waals surface area contributed by atoms with E-state index in [0.29, 0.717) is 23.4 Å². The summed E-state index contributed by atoms with van der Waals surface area (Å²) in [6.07, 6.45) is 5.07. The largest absolute Gasteiger partial charge is 0.278 e. The quantitative estimate of drug-likeness (QED) is 0.621. The number of amides is 2. The van der Waals surface area contributed by atoms with E-state index < -0.39 is 5.82 Å². The summed E-state index contributed by atoms with van der Waals surface area (Å²) in [7, 11) is 0. The van der Waals surface area contributed by atoms with Crippen LogP contribution < -0.4 is 0 Å². The van der Waals surface area contributed by atoms with E-state index in [-0.39, 0.29) is 30.2 Å². The lowest BCUT2D eigenvalue weighted by Crippen LogP contribution is -2.30. The van der Waals surface area contributed by atoms with Crippen molar-refractivity contribution in [1.29, 1.82) is 0 Å². The number of fused-ring (bicyclic) bond motifs is 1. The molecule has 2 amide bonds. The number of hydrogen-bond donors (Lipinski definition) is 0. The maximum atomic E-state index is 13.3. The highest BCUT2D eigenvalue weighted by Crippen LogP contribution is 2.36. The summed E-state index contributed by atoms with van der Waals surface area (Å²) in [4.78, 5) is 25.8. The standard InChI is InChI=1S/C15H13ClFNO2/c16-13-6-5-10(17)7-9(13)8-18-14(19)11-3-1-2-4-12(11)15(18)20/h1-2,5-7,11-12H,3-4,8H2. The second kappa shape index (κ2) is 5.02. The van der Waals surface area contributed by atoms with Crippen LogP contribution in [0.3, 0.4) is 0 Å². The van der Waals surface area contributed by atoms with E-state index in [0.717, 1.165) is 0 Å². The minimum Gasteiger partial charge on any atom is -0.278 e. The van der Waals surface area contributed by atoms with Gasteiger partial charge in [0, 0.05) is 5.02 Å². The zero-order valence-electron chi connectivity index (χ0n) is 10.7. The molecule has 0 aromatic heterocycles. The van der Waals surface area contributed by atoms with Crippen molar-refractivity contribution in [2.45, 2.75) is 19.4 Å². The molecule has 0 bridgehead atoms. The van der Waals surface area contributed by atoms with Gasteiger partial charge in [-0.3, -0.25) is 14.5 Å². The molecule has 1 saturated heterocycles. The lowest BCUT2D eigenvalue weighted by Gasteiger charge is -2.15. The van der Waals surface area contributed by atoms with Gasteiger partial charge < -0.3 is 0 Å². The lowest BCUT2D eigenvalue weighted by atomic mass is 9.85. The van der Waals surface area contributed by atoms with Crippen molar-refractivity contribution in [3.8, 4) is 0 Å². The van der Waals surface area contributed by atoms with Crippen LogP contribution in [0.1, 0.15) is 18.4 Å². The van der Waals surface area contributed by atoms with Crippen LogP contribution in [-0.4, -0.2) is 16.7 Å². The van der Waals surface area contributed by atoms with Crippen LogP contribution in [-0.2, 0) is 16.1 Å². The van der Waals surface area contributed by atoms with E-state index in [1.807, 2.05) is 12.2 Å². The Labute approximate surface area is 121 Å². The van der Waals surface area contributed by atoms with Crippen molar-refractivity contribution < 1.29 is 14.0 Å². The van der Waals surface area contributed by atoms with E-state index in [1.165, 1.54) is 23.1 Å². The summed E-state index contributed by atoms with van der Waals surface area (Å²) in [6, 6.07) is 3.96. The first kappa shape index (κ1) is 13.3. The third-order valence-electron chi connectivity index (χ3n) is 3.94. The number of halogens is 2. The molecule has 1 aliphatic heterocycles. The van der Waals surface area contributed by atoms with Gasteiger partial charge >= 0.3 is 0 Å². The maximum Gasteiger partial charge on any atom is 0.233 e. The van der Waals surface area contributed by atoms with E-state index in [2.05, 4.69) is 0 Å². The molecule has 104 valence electrons. The average Bonchev–Trinajstić information content (AvgIpc) is 2.68. The highest BCUT2D eigenvalue weighted by Gasteiger charge is 2.47. The van der Waals surface area contributed by atoms with Gasteiger partial charge in [0.15, 0.2) is 0 Å². The predicted octanol–water partition coefficient (Wildman–Crippen LogP) is 2.93. The summed E-state index contributed by atoms with van der Waals surface area (Å²) in [5.74, 6) is -1.31. The molecule has 5 heteroatoms. The Bertz CT molecular complexity index is 588. The second-order valence-electron chi connectivity index (χ2n) is 5.15. The van der Waals surface area contributed by atoms with Crippen LogP contribution in [0.15, 0.2) is 30.4 Å². The molecule has 1 aromatic rings. The van der Waals surface area contributed by atoms with Crippen molar-refractivity contribution in [3.05, 3.63) is 46.8 Å². The molecule has 1 fully saturated rings. The summed E-state index contributed by atoms with van der Waals surface area (Å²) in [5, 5.41) is 0.361. The number of carbonyl (C=O) groups excluding carboxylic acids is 2. The first-order chi connectivity index (χ1) is 9.58. The molecular weight excluding hydrogens is 281 g/mol. The fourth-order valence-corrected chi connectivity index (χ4v) is 3.04. The highest BCUT2D eigenvalue weighted by molar-refractivity contribution is 6.31. The van der Waals surface area contributed by atoms with Gasteiger partial charge in [0.25, 0.3) is 0 Å². The SMILES string of the molecule is O=C1C2CC=CCC2C(=O)N1Cc1cc(F)ccc1Cl. The molecule has 1 aromatic carbocycles. The Hall–Kier alpha value is -1.68. The third-order valence-corrected chi connectivity index (χ3v) is 4.30. The van der Waals surface area contributed by atoms with Crippen LogP contribution >= 0.6 is 11.6 Å². The third kappa shape index (κ3) is 2.14. The van der Waals surface area contributed by atoms with E-state index in [4.69, 9.17) is 11.6 Å². The lowest BCUT2D eigenvalue weighted by molar-refractivity contribution is -0.140. The summed E-state index contributed by atoms with van der Waals surface area (Å²) in [6.45, 7) is 0.0429. The van der Waals surface area contributed by atoms with E-state index in [1.54, 1.807) is 0 Å². The number of benzene rings is 1. The fraction of sp³-hybridized carbons (Fsp3) is 0.333. The topological polar surface area (TPSA) is 37.4 Å². The Kier molecular flexibility index (Phi) is 3.34. The zero-order valence-corrected chi connectivity index (χ0v) is 11.4. The Morgan fingerprint density at radius 1 is 1.15 bits per heavy atom. The normalized spacial score (nSPS) is 25.2. The second-order valence-corrected chi connectivity index (χ2v) is 5.56. The molecule has 2 atom stereocenters. The molecule has 20 heavy (non-hydrogen) atoms. The van der Waals surface area contributed by atoms with Crippen LogP contribution in [0.5, 0.6) is 0 Å².